The van der Waals surface area contributed by atoms with Crippen LogP contribution in [-0.4, -0.2) is 29.2 Å². The van der Waals surface area contributed by atoms with Crippen molar-refractivity contribution in [1.29, 1.82) is 0 Å². The molecule has 0 aliphatic carbocycles. The molecule has 0 aliphatic rings. The lowest BCUT2D eigenvalue weighted by molar-refractivity contribution is 0.223. The Bertz CT molecular complexity index is 292. The van der Waals surface area contributed by atoms with Crippen molar-refractivity contribution in [2.75, 3.05) is 13.2 Å². The van der Waals surface area contributed by atoms with Crippen LogP contribution in [0.4, 0.5) is 0 Å². The van der Waals surface area contributed by atoms with Gasteiger partial charge in [0.15, 0.2) is 0 Å². The molecule has 1 rings (SSSR count). The van der Waals surface area contributed by atoms with Crippen LogP contribution in [-0.2, 0) is 0 Å². The standard InChI is InChI=1S/C10H17N3O2/c1-8(2)15-9-4-6-12-10(13-9)14-7-3-5-11/h4,6,8H,3,5,7,11H2,1-2H3. The Balaban J connectivity index is 2.50. The second-order valence-corrected chi connectivity index (χ2v) is 3.33. The maximum atomic E-state index is 5.41. The van der Waals surface area contributed by atoms with Gasteiger partial charge in [0.25, 0.3) is 0 Å². The van der Waals surface area contributed by atoms with Crippen LogP contribution in [0.3, 0.4) is 0 Å². The van der Waals surface area contributed by atoms with E-state index in [1.165, 1.54) is 0 Å². The molecule has 0 atom stereocenters. The zero-order valence-corrected chi connectivity index (χ0v) is 9.14. The minimum absolute atomic E-state index is 0.0943. The first-order valence-electron chi connectivity index (χ1n) is 5.05. The molecular weight excluding hydrogens is 194 g/mol. The zero-order valence-electron chi connectivity index (χ0n) is 9.14. The molecule has 0 bridgehead atoms. The smallest absolute Gasteiger partial charge is 0.319 e. The first-order valence-corrected chi connectivity index (χ1v) is 5.05. The maximum Gasteiger partial charge on any atom is 0.319 e. The van der Waals surface area contributed by atoms with Crippen molar-refractivity contribution in [1.82, 2.24) is 9.97 Å². The molecule has 0 radical (unpaired) electrons. The van der Waals surface area contributed by atoms with Gasteiger partial charge in [-0.2, -0.15) is 4.98 Å². The van der Waals surface area contributed by atoms with Crippen LogP contribution in [0.15, 0.2) is 12.3 Å². The van der Waals surface area contributed by atoms with Crippen LogP contribution >= 0.6 is 0 Å². The van der Waals surface area contributed by atoms with E-state index in [1.54, 1.807) is 12.3 Å². The summed E-state index contributed by atoms with van der Waals surface area (Å²) in [4.78, 5) is 8.05. The van der Waals surface area contributed by atoms with Gasteiger partial charge in [-0.25, -0.2) is 4.98 Å². The third kappa shape index (κ3) is 4.60. The molecule has 1 aromatic rings. The van der Waals surface area contributed by atoms with E-state index in [9.17, 15) is 0 Å². The molecule has 0 saturated carbocycles. The van der Waals surface area contributed by atoms with Gasteiger partial charge < -0.3 is 15.2 Å². The molecule has 1 aromatic heterocycles. The number of nitrogens with two attached hydrogens (primary N) is 1. The largest absolute Gasteiger partial charge is 0.475 e. The van der Waals surface area contributed by atoms with E-state index in [-0.39, 0.29) is 6.10 Å². The minimum atomic E-state index is 0.0943. The molecule has 0 aliphatic heterocycles. The Kier molecular flexibility index (Phi) is 4.83. The van der Waals surface area contributed by atoms with Crippen molar-refractivity contribution in [3.05, 3.63) is 12.3 Å². The molecule has 0 aromatic carbocycles. The lowest BCUT2D eigenvalue weighted by Crippen LogP contribution is -2.10. The van der Waals surface area contributed by atoms with Gasteiger partial charge in [0.2, 0.25) is 5.88 Å². The molecule has 84 valence electrons. The Hall–Kier alpha value is -1.36. The number of hydrogen-bond donors (Lipinski definition) is 1. The van der Waals surface area contributed by atoms with Gasteiger partial charge in [-0.05, 0) is 26.8 Å². The third-order valence-corrected chi connectivity index (χ3v) is 1.54. The number of rotatable bonds is 6. The molecule has 0 spiro atoms. The highest BCUT2D eigenvalue weighted by Crippen LogP contribution is 2.11. The van der Waals surface area contributed by atoms with Gasteiger partial charge in [0.1, 0.15) is 0 Å². The van der Waals surface area contributed by atoms with Gasteiger partial charge in [-0.15, -0.1) is 0 Å². The monoisotopic (exact) mass is 211 g/mol. The Morgan fingerprint density at radius 3 is 2.93 bits per heavy atom. The third-order valence-electron chi connectivity index (χ3n) is 1.54. The summed E-state index contributed by atoms with van der Waals surface area (Å²) in [5.74, 6) is 0.530. The van der Waals surface area contributed by atoms with E-state index >= 15 is 0 Å². The zero-order chi connectivity index (χ0) is 11.1. The quantitative estimate of drug-likeness (QED) is 0.710. The summed E-state index contributed by atoms with van der Waals surface area (Å²) in [5, 5.41) is 0. The first-order chi connectivity index (χ1) is 7.22. The number of nitrogens with zero attached hydrogens (tertiary/aromatic N) is 2. The lowest BCUT2D eigenvalue weighted by Gasteiger charge is -2.09. The molecule has 0 unspecified atom stereocenters. The van der Waals surface area contributed by atoms with E-state index in [1.807, 2.05) is 13.8 Å². The van der Waals surface area contributed by atoms with Crippen LogP contribution < -0.4 is 15.2 Å². The molecule has 5 nitrogen and oxygen atoms in total. The van der Waals surface area contributed by atoms with Crippen molar-refractivity contribution in [2.24, 2.45) is 5.73 Å². The number of ether oxygens (including phenoxy) is 2. The molecule has 15 heavy (non-hydrogen) atoms. The average molecular weight is 211 g/mol. The fourth-order valence-corrected chi connectivity index (χ4v) is 0.949. The van der Waals surface area contributed by atoms with Crippen LogP contribution in [0, 0.1) is 0 Å². The van der Waals surface area contributed by atoms with Crippen molar-refractivity contribution < 1.29 is 9.47 Å². The van der Waals surface area contributed by atoms with Gasteiger partial charge in [0.05, 0.1) is 12.7 Å². The summed E-state index contributed by atoms with van der Waals surface area (Å²) in [6.07, 6.45) is 2.50. The number of aromatic nitrogens is 2. The normalized spacial score (nSPS) is 10.4. The van der Waals surface area contributed by atoms with E-state index in [0.717, 1.165) is 6.42 Å². The van der Waals surface area contributed by atoms with Gasteiger partial charge in [0, 0.05) is 12.3 Å². The Labute approximate surface area is 89.6 Å². The molecule has 2 N–H and O–H groups in total. The van der Waals surface area contributed by atoms with E-state index < -0.39 is 0 Å². The van der Waals surface area contributed by atoms with Gasteiger partial charge in [-0.3, -0.25) is 0 Å². The summed E-state index contributed by atoms with van der Waals surface area (Å²) in [6, 6.07) is 2.04. The van der Waals surface area contributed by atoms with Gasteiger partial charge in [-0.1, -0.05) is 0 Å². The van der Waals surface area contributed by atoms with Crippen LogP contribution in [0.2, 0.25) is 0 Å². The predicted octanol–water partition coefficient (Wildman–Crippen LogP) is 0.991. The lowest BCUT2D eigenvalue weighted by atomic mass is 10.5. The summed E-state index contributed by atoms with van der Waals surface area (Å²) >= 11 is 0. The SMILES string of the molecule is CC(C)Oc1ccnc(OCCCN)n1. The highest BCUT2D eigenvalue weighted by molar-refractivity contribution is 5.11. The predicted molar refractivity (Wildman–Crippen MR) is 57.0 cm³/mol. The summed E-state index contributed by atoms with van der Waals surface area (Å²) in [7, 11) is 0. The topological polar surface area (TPSA) is 70.3 Å². The molecule has 5 heteroatoms. The second-order valence-electron chi connectivity index (χ2n) is 3.33. The molecule has 0 amide bonds. The fourth-order valence-electron chi connectivity index (χ4n) is 0.949. The first kappa shape index (κ1) is 11.7. The van der Waals surface area contributed by atoms with Crippen molar-refractivity contribution in [3.63, 3.8) is 0 Å². The molecule has 0 fully saturated rings. The summed E-state index contributed by atoms with van der Waals surface area (Å²) in [5.41, 5.74) is 5.34. The van der Waals surface area contributed by atoms with Crippen molar-refractivity contribution in [3.8, 4) is 11.9 Å². The molecule has 1 heterocycles. The highest BCUT2D eigenvalue weighted by Gasteiger charge is 2.02. The highest BCUT2D eigenvalue weighted by atomic mass is 16.5. The van der Waals surface area contributed by atoms with Crippen molar-refractivity contribution >= 4 is 0 Å². The average Bonchev–Trinajstić information content (AvgIpc) is 2.18. The maximum absolute atomic E-state index is 5.41. The summed E-state index contributed by atoms with van der Waals surface area (Å²) in [6.45, 7) is 5.01. The van der Waals surface area contributed by atoms with E-state index in [2.05, 4.69) is 9.97 Å². The second kappa shape index (κ2) is 6.19. The fraction of sp³-hybridized carbons (Fsp3) is 0.600. The van der Waals surface area contributed by atoms with E-state index in [4.69, 9.17) is 15.2 Å². The van der Waals surface area contributed by atoms with Crippen LogP contribution in [0.1, 0.15) is 20.3 Å². The Morgan fingerprint density at radius 2 is 2.27 bits per heavy atom. The number of hydrogen-bond acceptors (Lipinski definition) is 5. The van der Waals surface area contributed by atoms with Crippen LogP contribution in [0.5, 0.6) is 11.9 Å². The van der Waals surface area contributed by atoms with E-state index in [0.29, 0.717) is 25.0 Å². The molecule has 0 saturated heterocycles. The Morgan fingerprint density at radius 1 is 1.47 bits per heavy atom. The molecular formula is C10H17N3O2. The summed E-state index contributed by atoms with van der Waals surface area (Å²) < 4.78 is 10.7. The van der Waals surface area contributed by atoms with Gasteiger partial charge >= 0.3 is 6.01 Å². The minimum Gasteiger partial charge on any atom is -0.475 e. The van der Waals surface area contributed by atoms with Crippen molar-refractivity contribution in [2.45, 2.75) is 26.4 Å². The van der Waals surface area contributed by atoms with Crippen LogP contribution in [0.25, 0.3) is 0 Å².